The van der Waals surface area contributed by atoms with Crippen LogP contribution in [-0.4, -0.2) is 4.98 Å². The molecule has 0 atom stereocenters. The Balaban J connectivity index is 2.52. The third-order valence-corrected chi connectivity index (χ3v) is 3.86. The molecule has 2 aromatic rings. The number of halogens is 2. The summed E-state index contributed by atoms with van der Waals surface area (Å²) in [4.78, 5) is 4.35. The highest BCUT2D eigenvalue weighted by Gasteiger charge is 2.05. The third-order valence-electron chi connectivity index (χ3n) is 1.58. The van der Waals surface area contributed by atoms with E-state index in [0.717, 1.165) is 19.6 Å². The summed E-state index contributed by atoms with van der Waals surface area (Å²) in [7, 11) is 0. The second-order valence-electron chi connectivity index (χ2n) is 2.46. The van der Waals surface area contributed by atoms with Crippen molar-refractivity contribution in [3.63, 3.8) is 0 Å². The number of hydrogen-bond donors (Lipinski definition) is 0. The number of thiazole rings is 1. The van der Waals surface area contributed by atoms with Crippen LogP contribution in [0.2, 0.25) is 0 Å². The van der Waals surface area contributed by atoms with Gasteiger partial charge in [0, 0.05) is 15.4 Å². The summed E-state index contributed by atoms with van der Waals surface area (Å²) in [5.41, 5.74) is 1.14. The van der Waals surface area contributed by atoms with Gasteiger partial charge in [0.1, 0.15) is 9.61 Å². The lowest BCUT2D eigenvalue weighted by Gasteiger charge is -1.97. The Bertz CT molecular complexity index is 425. The van der Waals surface area contributed by atoms with Crippen molar-refractivity contribution < 1.29 is 0 Å². The van der Waals surface area contributed by atoms with E-state index >= 15 is 0 Å². The standard InChI is InChI=1S/C9H5Br2NS/c10-7-4-2-1-3-6(7)9-12-8(11)5-13-9/h1-5H. The van der Waals surface area contributed by atoms with Gasteiger partial charge in [0.2, 0.25) is 0 Å². The van der Waals surface area contributed by atoms with Crippen molar-refractivity contribution in [3.8, 4) is 10.6 Å². The molecule has 4 heteroatoms. The minimum Gasteiger partial charge on any atom is -0.229 e. The summed E-state index contributed by atoms with van der Waals surface area (Å²) >= 11 is 8.46. The number of rotatable bonds is 1. The minimum absolute atomic E-state index is 0.892. The van der Waals surface area contributed by atoms with Crippen LogP contribution in [0.1, 0.15) is 0 Å². The van der Waals surface area contributed by atoms with Crippen molar-refractivity contribution in [2.75, 3.05) is 0 Å². The van der Waals surface area contributed by atoms with E-state index in [2.05, 4.69) is 42.9 Å². The quantitative estimate of drug-likeness (QED) is 0.762. The van der Waals surface area contributed by atoms with Crippen molar-refractivity contribution in [2.24, 2.45) is 0 Å². The van der Waals surface area contributed by atoms with Gasteiger partial charge in [-0.15, -0.1) is 11.3 Å². The van der Waals surface area contributed by atoms with Gasteiger partial charge in [-0.05, 0) is 22.0 Å². The van der Waals surface area contributed by atoms with Crippen LogP contribution >= 0.6 is 43.2 Å². The molecule has 0 radical (unpaired) electrons. The Morgan fingerprint density at radius 3 is 2.54 bits per heavy atom. The topological polar surface area (TPSA) is 12.9 Å². The molecule has 0 N–H and O–H groups in total. The summed E-state index contributed by atoms with van der Waals surface area (Å²) in [5, 5.41) is 3.01. The van der Waals surface area contributed by atoms with Crippen LogP contribution in [0.5, 0.6) is 0 Å². The molecular weight excluding hydrogens is 314 g/mol. The monoisotopic (exact) mass is 317 g/mol. The molecular formula is C9H5Br2NS. The van der Waals surface area contributed by atoms with Crippen molar-refractivity contribution in [1.29, 1.82) is 0 Å². The average molecular weight is 319 g/mol. The van der Waals surface area contributed by atoms with E-state index in [0.29, 0.717) is 0 Å². The molecule has 0 aliphatic carbocycles. The van der Waals surface area contributed by atoms with Crippen LogP contribution in [0.3, 0.4) is 0 Å². The molecule has 1 aromatic heterocycles. The number of aromatic nitrogens is 1. The van der Waals surface area contributed by atoms with Gasteiger partial charge in [0.05, 0.1) is 0 Å². The molecule has 66 valence electrons. The summed E-state index contributed by atoms with van der Waals surface area (Å²) < 4.78 is 1.97. The lowest BCUT2D eigenvalue weighted by atomic mass is 10.2. The molecule has 0 bridgehead atoms. The molecule has 0 amide bonds. The smallest absolute Gasteiger partial charge is 0.125 e. The predicted molar refractivity (Wildman–Crippen MR) is 63.0 cm³/mol. The van der Waals surface area contributed by atoms with Crippen LogP contribution < -0.4 is 0 Å². The van der Waals surface area contributed by atoms with Gasteiger partial charge in [0.15, 0.2) is 0 Å². The predicted octanol–water partition coefficient (Wildman–Crippen LogP) is 4.34. The first kappa shape index (κ1) is 9.37. The summed E-state index contributed by atoms with van der Waals surface area (Å²) in [5.74, 6) is 0. The van der Waals surface area contributed by atoms with Gasteiger partial charge in [-0.25, -0.2) is 4.98 Å². The van der Waals surface area contributed by atoms with Crippen molar-refractivity contribution in [3.05, 3.63) is 38.7 Å². The summed E-state index contributed by atoms with van der Waals surface area (Å²) in [6.07, 6.45) is 0. The molecule has 0 saturated heterocycles. The number of benzene rings is 1. The fourth-order valence-electron chi connectivity index (χ4n) is 1.01. The number of nitrogens with zero attached hydrogens (tertiary/aromatic N) is 1. The Hall–Kier alpha value is -0.190. The Morgan fingerprint density at radius 1 is 1.15 bits per heavy atom. The zero-order valence-electron chi connectivity index (χ0n) is 6.50. The lowest BCUT2D eigenvalue weighted by Crippen LogP contribution is -1.76. The second-order valence-corrected chi connectivity index (χ2v) is 4.98. The molecule has 1 heterocycles. The van der Waals surface area contributed by atoms with E-state index < -0.39 is 0 Å². The van der Waals surface area contributed by atoms with E-state index in [9.17, 15) is 0 Å². The maximum absolute atomic E-state index is 4.35. The van der Waals surface area contributed by atoms with Gasteiger partial charge in [-0.1, -0.05) is 34.1 Å². The van der Waals surface area contributed by atoms with E-state index in [1.165, 1.54) is 0 Å². The SMILES string of the molecule is Brc1csc(-c2ccccc2Br)n1. The lowest BCUT2D eigenvalue weighted by molar-refractivity contribution is 1.36. The van der Waals surface area contributed by atoms with Crippen molar-refractivity contribution >= 4 is 43.2 Å². The molecule has 1 aromatic carbocycles. The van der Waals surface area contributed by atoms with Gasteiger partial charge in [-0.3, -0.25) is 0 Å². The Kier molecular flexibility index (Phi) is 2.81. The second kappa shape index (κ2) is 3.90. The van der Waals surface area contributed by atoms with E-state index in [-0.39, 0.29) is 0 Å². The van der Waals surface area contributed by atoms with Gasteiger partial charge in [0.25, 0.3) is 0 Å². The first-order chi connectivity index (χ1) is 6.27. The molecule has 2 rings (SSSR count). The zero-order chi connectivity index (χ0) is 9.26. The van der Waals surface area contributed by atoms with Crippen LogP contribution in [-0.2, 0) is 0 Å². The molecule has 0 aliphatic rings. The fourth-order valence-corrected chi connectivity index (χ4v) is 2.91. The third kappa shape index (κ3) is 2.00. The van der Waals surface area contributed by atoms with Gasteiger partial charge < -0.3 is 0 Å². The first-order valence-corrected chi connectivity index (χ1v) is 6.10. The molecule has 0 aliphatic heterocycles. The Labute approximate surface area is 97.1 Å². The van der Waals surface area contributed by atoms with Gasteiger partial charge >= 0.3 is 0 Å². The normalized spacial score (nSPS) is 10.3. The van der Waals surface area contributed by atoms with Crippen LogP contribution in [0.25, 0.3) is 10.6 Å². The van der Waals surface area contributed by atoms with Crippen molar-refractivity contribution in [2.45, 2.75) is 0 Å². The molecule has 0 saturated carbocycles. The average Bonchev–Trinajstić information content (AvgIpc) is 2.53. The highest BCUT2D eigenvalue weighted by Crippen LogP contribution is 2.31. The fraction of sp³-hybridized carbons (Fsp3) is 0. The van der Waals surface area contributed by atoms with E-state index in [1.807, 2.05) is 23.6 Å². The van der Waals surface area contributed by atoms with E-state index in [1.54, 1.807) is 11.3 Å². The molecule has 0 unspecified atom stereocenters. The first-order valence-electron chi connectivity index (χ1n) is 3.63. The van der Waals surface area contributed by atoms with Crippen LogP contribution in [0.15, 0.2) is 38.7 Å². The molecule has 1 nitrogen and oxygen atoms in total. The maximum Gasteiger partial charge on any atom is 0.125 e. The highest BCUT2D eigenvalue weighted by atomic mass is 79.9. The van der Waals surface area contributed by atoms with Crippen LogP contribution in [0.4, 0.5) is 0 Å². The van der Waals surface area contributed by atoms with Crippen molar-refractivity contribution in [1.82, 2.24) is 4.98 Å². The van der Waals surface area contributed by atoms with E-state index in [4.69, 9.17) is 0 Å². The summed E-state index contributed by atoms with van der Waals surface area (Å²) in [6, 6.07) is 8.08. The van der Waals surface area contributed by atoms with Gasteiger partial charge in [-0.2, -0.15) is 0 Å². The molecule has 0 spiro atoms. The largest absolute Gasteiger partial charge is 0.229 e. The molecule has 0 fully saturated rings. The number of hydrogen-bond acceptors (Lipinski definition) is 2. The summed E-state index contributed by atoms with van der Waals surface area (Å²) in [6.45, 7) is 0. The zero-order valence-corrected chi connectivity index (χ0v) is 10.5. The highest BCUT2D eigenvalue weighted by molar-refractivity contribution is 9.10. The molecule has 13 heavy (non-hydrogen) atoms. The maximum atomic E-state index is 4.35. The minimum atomic E-state index is 0.892. The van der Waals surface area contributed by atoms with Crippen LogP contribution in [0, 0.1) is 0 Å². The Morgan fingerprint density at radius 2 is 1.92 bits per heavy atom.